The number of hydrogen-bond donors (Lipinski definition) is 1. The van der Waals surface area contributed by atoms with Crippen LogP contribution in [-0.4, -0.2) is 25.0 Å². The Balaban J connectivity index is 2.51. The molecule has 1 aliphatic rings. The van der Waals surface area contributed by atoms with E-state index in [2.05, 4.69) is 9.73 Å². The van der Waals surface area contributed by atoms with Gasteiger partial charge >= 0.3 is 0 Å². The molecule has 1 aliphatic heterocycles. The Bertz CT molecular complexity index is 132. The minimum atomic E-state index is -0.519. The number of carbonyl (C=O) groups is 1. The lowest BCUT2D eigenvalue weighted by Crippen LogP contribution is -2.26. The number of nitrogens with two attached hydrogens (primary N) is 1. The van der Waals surface area contributed by atoms with Crippen LogP contribution in [0.15, 0.2) is 4.99 Å². The lowest BCUT2D eigenvalue weighted by atomic mass is 10.3. The first-order valence-electron chi connectivity index (χ1n) is 2.26. The molecule has 0 bridgehead atoms. The third-order valence-electron chi connectivity index (χ3n) is 0.895. The maximum Gasteiger partial charge on any atom is 0.290 e. The predicted molar refractivity (Wildman–Crippen MR) is 27.4 cm³/mol. The maximum atomic E-state index is 10.4. The third kappa shape index (κ3) is 0.696. The summed E-state index contributed by atoms with van der Waals surface area (Å²) in [6.07, 6.45) is 0.606. The fraction of sp³-hybridized carbons (Fsp3) is 0.500. The molecule has 2 N–H and O–H groups in total. The second kappa shape index (κ2) is 1.92. The molecule has 0 aromatic carbocycles. The van der Waals surface area contributed by atoms with Crippen LogP contribution in [0, 0.1) is 0 Å². The van der Waals surface area contributed by atoms with E-state index in [0.29, 0.717) is 0 Å². The lowest BCUT2D eigenvalue weighted by Gasteiger charge is -1.99. The van der Waals surface area contributed by atoms with Gasteiger partial charge in [-0.15, -0.1) is 0 Å². The van der Waals surface area contributed by atoms with Gasteiger partial charge in [-0.25, -0.2) is 0 Å². The standard InChI is InChI=1S/C4H6N2O2/c5-1-3-4(7)6-2-8-3/h2-3H,1,5H2/t3-/m0/s1. The van der Waals surface area contributed by atoms with Crippen molar-refractivity contribution in [1.29, 1.82) is 0 Å². The number of ether oxygens (including phenoxy) is 1. The van der Waals surface area contributed by atoms with Crippen molar-refractivity contribution < 1.29 is 9.53 Å². The van der Waals surface area contributed by atoms with Crippen molar-refractivity contribution in [3.63, 3.8) is 0 Å². The van der Waals surface area contributed by atoms with Gasteiger partial charge in [0, 0.05) is 6.54 Å². The minimum absolute atomic E-state index is 0.207. The second-order valence-electron chi connectivity index (χ2n) is 1.43. The first-order valence-corrected chi connectivity index (χ1v) is 2.26. The van der Waals surface area contributed by atoms with Gasteiger partial charge in [0.1, 0.15) is 0 Å². The molecule has 1 heterocycles. The highest BCUT2D eigenvalue weighted by Gasteiger charge is 2.20. The summed E-state index contributed by atoms with van der Waals surface area (Å²) in [5, 5.41) is 0. The first-order chi connectivity index (χ1) is 3.84. The molecule has 0 saturated heterocycles. The largest absolute Gasteiger partial charge is 0.469 e. The van der Waals surface area contributed by atoms with Gasteiger partial charge < -0.3 is 10.5 Å². The normalized spacial score (nSPS) is 26.1. The zero-order valence-electron chi connectivity index (χ0n) is 4.20. The third-order valence-corrected chi connectivity index (χ3v) is 0.895. The summed E-state index contributed by atoms with van der Waals surface area (Å²) < 4.78 is 4.65. The molecule has 0 fully saturated rings. The molecule has 0 spiro atoms. The molecule has 4 heteroatoms. The van der Waals surface area contributed by atoms with E-state index >= 15 is 0 Å². The molecule has 0 aromatic rings. The smallest absolute Gasteiger partial charge is 0.290 e. The predicted octanol–water partition coefficient (Wildman–Crippen LogP) is -1.10. The Labute approximate surface area is 46.3 Å². The molecule has 44 valence electrons. The molecule has 1 rings (SSSR count). The summed E-state index contributed by atoms with van der Waals surface area (Å²) in [4.78, 5) is 13.7. The van der Waals surface area contributed by atoms with Crippen LogP contribution in [0.2, 0.25) is 0 Å². The number of aliphatic imine (C=N–C) groups is 1. The van der Waals surface area contributed by atoms with Crippen molar-refractivity contribution in [3.05, 3.63) is 0 Å². The van der Waals surface area contributed by atoms with Crippen LogP contribution in [0.25, 0.3) is 0 Å². The molecule has 8 heavy (non-hydrogen) atoms. The van der Waals surface area contributed by atoms with Crippen LogP contribution < -0.4 is 5.73 Å². The van der Waals surface area contributed by atoms with Gasteiger partial charge in [-0.2, -0.15) is 4.99 Å². The van der Waals surface area contributed by atoms with Gasteiger partial charge in [0.05, 0.1) is 0 Å². The molecular weight excluding hydrogens is 108 g/mol. The van der Waals surface area contributed by atoms with Crippen molar-refractivity contribution in [1.82, 2.24) is 0 Å². The molecule has 1 amide bonds. The molecular formula is C4H6N2O2. The summed E-state index contributed by atoms with van der Waals surface area (Å²) in [7, 11) is 0. The second-order valence-corrected chi connectivity index (χ2v) is 1.43. The van der Waals surface area contributed by atoms with E-state index in [1.165, 1.54) is 0 Å². The zero-order chi connectivity index (χ0) is 5.98. The van der Waals surface area contributed by atoms with Crippen molar-refractivity contribution in [2.75, 3.05) is 6.54 Å². The first kappa shape index (κ1) is 5.24. The number of carbonyl (C=O) groups excluding carboxylic acids is 1. The van der Waals surface area contributed by atoms with Crippen LogP contribution in [0.1, 0.15) is 0 Å². The maximum absolute atomic E-state index is 10.4. The van der Waals surface area contributed by atoms with Crippen molar-refractivity contribution in [2.45, 2.75) is 6.10 Å². The molecule has 1 atom stereocenters. The van der Waals surface area contributed by atoms with Gasteiger partial charge in [-0.3, -0.25) is 4.79 Å². The van der Waals surface area contributed by atoms with Gasteiger partial charge in [0.15, 0.2) is 12.5 Å². The highest BCUT2D eigenvalue weighted by atomic mass is 16.5. The topological polar surface area (TPSA) is 64.7 Å². The summed E-state index contributed by atoms with van der Waals surface area (Å²) in [6.45, 7) is 0.207. The Morgan fingerprint density at radius 2 is 2.75 bits per heavy atom. The molecule has 0 aliphatic carbocycles. The number of rotatable bonds is 1. The average molecular weight is 114 g/mol. The van der Waals surface area contributed by atoms with Crippen LogP contribution >= 0.6 is 0 Å². The Hall–Kier alpha value is -0.900. The number of nitrogens with zero attached hydrogens (tertiary/aromatic N) is 1. The van der Waals surface area contributed by atoms with Crippen LogP contribution in [0.3, 0.4) is 0 Å². The van der Waals surface area contributed by atoms with E-state index in [4.69, 9.17) is 5.73 Å². The van der Waals surface area contributed by atoms with E-state index in [9.17, 15) is 4.79 Å². The quantitative estimate of drug-likeness (QED) is 0.470. The summed E-state index contributed by atoms with van der Waals surface area (Å²) in [6, 6.07) is 0. The fourth-order valence-electron chi connectivity index (χ4n) is 0.454. The summed E-state index contributed by atoms with van der Waals surface area (Å²) in [5.74, 6) is -0.285. The molecule has 0 radical (unpaired) electrons. The van der Waals surface area contributed by atoms with E-state index in [1.807, 2.05) is 0 Å². The molecule has 4 nitrogen and oxygen atoms in total. The SMILES string of the molecule is NC[C@@H]1OC=NC1=O. The van der Waals surface area contributed by atoms with Crippen molar-refractivity contribution >= 4 is 12.3 Å². The highest BCUT2D eigenvalue weighted by Crippen LogP contribution is 1.97. The van der Waals surface area contributed by atoms with E-state index in [-0.39, 0.29) is 12.5 Å². The lowest BCUT2D eigenvalue weighted by molar-refractivity contribution is -0.122. The monoisotopic (exact) mass is 114 g/mol. The number of amides is 1. The molecule has 0 saturated carbocycles. The van der Waals surface area contributed by atoms with E-state index in [0.717, 1.165) is 6.40 Å². The Morgan fingerprint density at radius 3 is 3.00 bits per heavy atom. The van der Waals surface area contributed by atoms with Gasteiger partial charge in [0.2, 0.25) is 0 Å². The number of hydrogen-bond acceptors (Lipinski definition) is 3. The van der Waals surface area contributed by atoms with Crippen molar-refractivity contribution in [2.24, 2.45) is 10.7 Å². The summed E-state index contributed by atoms with van der Waals surface area (Å²) >= 11 is 0. The zero-order valence-corrected chi connectivity index (χ0v) is 4.20. The van der Waals surface area contributed by atoms with Gasteiger partial charge in [0.25, 0.3) is 5.91 Å². The Morgan fingerprint density at radius 1 is 2.00 bits per heavy atom. The van der Waals surface area contributed by atoms with Crippen LogP contribution in [0.5, 0.6) is 0 Å². The Kier molecular flexibility index (Phi) is 1.26. The molecule has 0 aromatic heterocycles. The van der Waals surface area contributed by atoms with Crippen LogP contribution in [0.4, 0.5) is 0 Å². The van der Waals surface area contributed by atoms with Crippen LogP contribution in [-0.2, 0) is 9.53 Å². The fourth-order valence-corrected chi connectivity index (χ4v) is 0.454. The highest BCUT2D eigenvalue weighted by molar-refractivity contribution is 5.91. The minimum Gasteiger partial charge on any atom is -0.469 e. The van der Waals surface area contributed by atoms with Crippen molar-refractivity contribution in [3.8, 4) is 0 Å². The molecule has 0 unspecified atom stereocenters. The average Bonchev–Trinajstić information content (AvgIpc) is 2.14. The van der Waals surface area contributed by atoms with Gasteiger partial charge in [-0.1, -0.05) is 0 Å². The summed E-state index contributed by atoms with van der Waals surface area (Å²) in [5.41, 5.74) is 5.10. The van der Waals surface area contributed by atoms with E-state index < -0.39 is 6.10 Å². The van der Waals surface area contributed by atoms with E-state index in [1.54, 1.807) is 0 Å². The van der Waals surface area contributed by atoms with Gasteiger partial charge in [-0.05, 0) is 0 Å².